The van der Waals surface area contributed by atoms with Gasteiger partial charge in [-0.05, 0) is 26.8 Å². The summed E-state index contributed by atoms with van der Waals surface area (Å²) in [5, 5.41) is 5.30. The molecule has 2 N–H and O–H groups in total. The zero-order chi connectivity index (χ0) is 17.0. The van der Waals surface area contributed by atoms with Gasteiger partial charge in [0.1, 0.15) is 5.58 Å². The van der Waals surface area contributed by atoms with Crippen molar-refractivity contribution in [3.05, 3.63) is 35.6 Å². The first kappa shape index (κ1) is 16.5. The lowest BCUT2D eigenvalue weighted by Crippen LogP contribution is -2.44. The van der Waals surface area contributed by atoms with Gasteiger partial charge in [-0.25, -0.2) is 9.59 Å². The van der Waals surface area contributed by atoms with Gasteiger partial charge in [0.05, 0.1) is 0 Å². The van der Waals surface area contributed by atoms with E-state index in [0.29, 0.717) is 17.7 Å². The Bertz CT molecular complexity index is 750. The number of imide groups is 1. The van der Waals surface area contributed by atoms with Crippen LogP contribution < -0.4 is 10.6 Å². The van der Waals surface area contributed by atoms with Crippen LogP contribution in [0.1, 0.15) is 30.0 Å². The third-order valence-electron chi connectivity index (χ3n) is 3.26. The third-order valence-corrected chi connectivity index (χ3v) is 3.26. The molecule has 0 radical (unpaired) electrons. The van der Waals surface area contributed by atoms with E-state index >= 15 is 0 Å². The average Bonchev–Trinajstić information content (AvgIpc) is 2.85. The van der Waals surface area contributed by atoms with E-state index in [1.54, 1.807) is 26.0 Å². The van der Waals surface area contributed by atoms with E-state index < -0.39 is 24.0 Å². The summed E-state index contributed by atoms with van der Waals surface area (Å²) in [6.07, 6.45) is -1.13. The van der Waals surface area contributed by atoms with Crippen LogP contribution in [0.3, 0.4) is 0 Å². The lowest BCUT2D eigenvalue weighted by atomic mass is 10.1. The van der Waals surface area contributed by atoms with E-state index in [-0.39, 0.29) is 5.76 Å². The topological polar surface area (TPSA) is 97.6 Å². The summed E-state index contributed by atoms with van der Waals surface area (Å²) in [5.74, 6) is -1.42. The van der Waals surface area contributed by atoms with Crippen LogP contribution in [0.5, 0.6) is 0 Å². The minimum absolute atomic E-state index is 0.0452. The highest BCUT2D eigenvalue weighted by molar-refractivity contribution is 5.99. The molecule has 7 nitrogen and oxygen atoms in total. The van der Waals surface area contributed by atoms with Crippen LogP contribution in [0, 0.1) is 6.92 Å². The normalized spacial score (nSPS) is 11.8. The van der Waals surface area contributed by atoms with Crippen molar-refractivity contribution >= 4 is 28.9 Å². The van der Waals surface area contributed by atoms with E-state index in [1.165, 1.54) is 6.92 Å². The number of benzene rings is 1. The molecule has 1 aromatic carbocycles. The van der Waals surface area contributed by atoms with Crippen molar-refractivity contribution in [1.82, 2.24) is 10.6 Å². The van der Waals surface area contributed by atoms with Gasteiger partial charge in [-0.3, -0.25) is 10.1 Å². The number of ether oxygens (including phenoxy) is 1. The maximum atomic E-state index is 12.2. The Morgan fingerprint density at radius 3 is 2.61 bits per heavy atom. The van der Waals surface area contributed by atoms with Crippen molar-refractivity contribution in [3.8, 4) is 0 Å². The molecule has 7 heteroatoms. The van der Waals surface area contributed by atoms with Crippen molar-refractivity contribution in [2.45, 2.75) is 26.9 Å². The second-order valence-corrected chi connectivity index (χ2v) is 4.95. The molecule has 0 unspecified atom stereocenters. The molecular formula is C16H18N2O5. The van der Waals surface area contributed by atoms with Gasteiger partial charge >= 0.3 is 12.0 Å². The molecule has 0 aliphatic rings. The van der Waals surface area contributed by atoms with E-state index in [1.807, 2.05) is 12.1 Å². The van der Waals surface area contributed by atoms with Crippen molar-refractivity contribution in [1.29, 1.82) is 0 Å². The first-order chi connectivity index (χ1) is 10.9. The molecule has 1 aromatic heterocycles. The van der Waals surface area contributed by atoms with Gasteiger partial charge in [0, 0.05) is 17.5 Å². The fraction of sp³-hybridized carbons (Fsp3) is 0.312. The van der Waals surface area contributed by atoms with Gasteiger partial charge in [0.15, 0.2) is 6.10 Å². The summed E-state index contributed by atoms with van der Waals surface area (Å²) in [6.45, 7) is 5.22. The second-order valence-electron chi connectivity index (χ2n) is 4.95. The summed E-state index contributed by atoms with van der Waals surface area (Å²) in [6, 6.07) is 6.56. The number of hydrogen-bond acceptors (Lipinski definition) is 5. The number of para-hydroxylation sites is 1. The number of carbonyl (C=O) groups is 3. The predicted molar refractivity (Wildman–Crippen MR) is 83.0 cm³/mol. The minimum atomic E-state index is -1.13. The number of amides is 3. The SMILES string of the molecule is CCNC(=O)NC(=O)[C@H](C)OC(=O)c1oc2ccccc2c1C. The number of carbonyl (C=O) groups excluding carboxylic acids is 3. The molecule has 0 fully saturated rings. The Hall–Kier alpha value is -2.83. The first-order valence-corrected chi connectivity index (χ1v) is 7.21. The maximum Gasteiger partial charge on any atom is 0.375 e. The Labute approximate surface area is 133 Å². The fourth-order valence-corrected chi connectivity index (χ4v) is 2.05. The quantitative estimate of drug-likeness (QED) is 0.842. The summed E-state index contributed by atoms with van der Waals surface area (Å²) in [4.78, 5) is 35.2. The highest BCUT2D eigenvalue weighted by Crippen LogP contribution is 2.25. The molecule has 0 spiro atoms. The van der Waals surface area contributed by atoms with Crippen molar-refractivity contribution in [2.24, 2.45) is 0 Å². The maximum absolute atomic E-state index is 12.2. The molecule has 0 aliphatic carbocycles. The number of aryl methyl sites for hydroxylation is 1. The molecule has 23 heavy (non-hydrogen) atoms. The Balaban J connectivity index is 2.07. The lowest BCUT2D eigenvalue weighted by Gasteiger charge is -2.12. The van der Waals surface area contributed by atoms with Gasteiger partial charge in [-0.15, -0.1) is 0 Å². The Kier molecular flexibility index (Phi) is 5.00. The number of furan rings is 1. The van der Waals surface area contributed by atoms with E-state index in [9.17, 15) is 14.4 Å². The number of rotatable bonds is 4. The number of nitrogens with one attached hydrogen (secondary N) is 2. The van der Waals surface area contributed by atoms with Crippen LogP contribution >= 0.6 is 0 Å². The molecule has 0 aliphatic heterocycles. The largest absolute Gasteiger partial charge is 0.449 e. The molecule has 1 atom stereocenters. The third kappa shape index (κ3) is 3.68. The molecule has 2 aromatic rings. The van der Waals surface area contributed by atoms with Gasteiger partial charge in [0.2, 0.25) is 5.76 Å². The van der Waals surface area contributed by atoms with E-state index in [0.717, 1.165) is 5.39 Å². The van der Waals surface area contributed by atoms with Crippen molar-refractivity contribution in [2.75, 3.05) is 6.54 Å². The van der Waals surface area contributed by atoms with Gasteiger partial charge in [-0.2, -0.15) is 0 Å². The standard InChI is InChI=1S/C16H18N2O5/c1-4-17-16(21)18-14(19)10(3)22-15(20)13-9(2)11-7-5-6-8-12(11)23-13/h5-8,10H,4H2,1-3H3,(H2,17,18,19,21)/t10-/m0/s1. The summed E-state index contributed by atoms with van der Waals surface area (Å²) >= 11 is 0. The van der Waals surface area contributed by atoms with Crippen LogP contribution in [-0.2, 0) is 9.53 Å². The average molecular weight is 318 g/mol. The van der Waals surface area contributed by atoms with Crippen LogP contribution in [0.4, 0.5) is 4.79 Å². The summed E-state index contributed by atoms with van der Waals surface area (Å²) in [5.41, 5.74) is 1.21. The lowest BCUT2D eigenvalue weighted by molar-refractivity contribution is -0.128. The van der Waals surface area contributed by atoms with E-state index in [4.69, 9.17) is 9.15 Å². The van der Waals surface area contributed by atoms with Crippen LogP contribution in [0.2, 0.25) is 0 Å². The van der Waals surface area contributed by atoms with Gasteiger partial charge < -0.3 is 14.5 Å². The zero-order valence-corrected chi connectivity index (χ0v) is 13.1. The number of fused-ring (bicyclic) bond motifs is 1. The monoisotopic (exact) mass is 318 g/mol. The smallest absolute Gasteiger partial charge is 0.375 e. The number of esters is 1. The van der Waals surface area contributed by atoms with Crippen molar-refractivity contribution < 1.29 is 23.5 Å². The van der Waals surface area contributed by atoms with E-state index in [2.05, 4.69) is 10.6 Å². The molecular weight excluding hydrogens is 300 g/mol. The minimum Gasteiger partial charge on any atom is -0.449 e. The Morgan fingerprint density at radius 2 is 1.96 bits per heavy atom. The second kappa shape index (κ2) is 6.95. The van der Waals surface area contributed by atoms with Crippen LogP contribution in [0.25, 0.3) is 11.0 Å². The molecule has 0 saturated heterocycles. The highest BCUT2D eigenvalue weighted by atomic mass is 16.6. The molecule has 0 bridgehead atoms. The molecule has 3 amide bonds. The fourth-order valence-electron chi connectivity index (χ4n) is 2.05. The van der Waals surface area contributed by atoms with Gasteiger partial charge in [0.25, 0.3) is 5.91 Å². The van der Waals surface area contributed by atoms with Gasteiger partial charge in [-0.1, -0.05) is 18.2 Å². The molecule has 2 rings (SSSR count). The molecule has 122 valence electrons. The van der Waals surface area contributed by atoms with Crippen molar-refractivity contribution in [3.63, 3.8) is 0 Å². The number of hydrogen-bond donors (Lipinski definition) is 2. The summed E-state index contributed by atoms with van der Waals surface area (Å²) < 4.78 is 10.5. The number of urea groups is 1. The highest BCUT2D eigenvalue weighted by Gasteiger charge is 2.24. The Morgan fingerprint density at radius 1 is 1.26 bits per heavy atom. The van der Waals surface area contributed by atoms with Crippen LogP contribution in [0.15, 0.2) is 28.7 Å². The first-order valence-electron chi connectivity index (χ1n) is 7.21. The zero-order valence-electron chi connectivity index (χ0n) is 13.1. The van der Waals surface area contributed by atoms with Crippen LogP contribution in [-0.4, -0.2) is 30.6 Å². The molecule has 0 saturated carbocycles. The molecule has 1 heterocycles. The predicted octanol–water partition coefficient (Wildman–Crippen LogP) is 2.13. The summed E-state index contributed by atoms with van der Waals surface area (Å²) in [7, 11) is 0.